The summed E-state index contributed by atoms with van der Waals surface area (Å²) in [6, 6.07) is 7.86. The highest BCUT2D eigenvalue weighted by Crippen LogP contribution is 2.21. The number of hydrogen-bond acceptors (Lipinski definition) is 5. The number of anilines is 1. The summed E-state index contributed by atoms with van der Waals surface area (Å²) in [6.07, 6.45) is 0.986. The highest BCUT2D eigenvalue weighted by molar-refractivity contribution is 8.00. The molecule has 1 heterocycles. The number of benzene rings is 1. The molecular weight excluding hydrogens is 274 g/mol. The van der Waals surface area contributed by atoms with Gasteiger partial charge in [0.05, 0.1) is 5.25 Å². The molecule has 0 spiro atoms. The van der Waals surface area contributed by atoms with Crippen LogP contribution in [0.4, 0.5) is 5.69 Å². The van der Waals surface area contributed by atoms with E-state index in [0.29, 0.717) is 5.16 Å². The third kappa shape index (κ3) is 3.57. The van der Waals surface area contributed by atoms with Crippen molar-refractivity contribution in [1.29, 1.82) is 0 Å². The van der Waals surface area contributed by atoms with Gasteiger partial charge in [0.25, 0.3) is 0 Å². The normalized spacial score (nSPS) is 12.2. The van der Waals surface area contributed by atoms with Gasteiger partial charge in [-0.05, 0) is 41.5 Å². The summed E-state index contributed by atoms with van der Waals surface area (Å²) in [5, 5.41) is 14.4. The second-order valence-corrected chi connectivity index (χ2v) is 5.69. The standard InChI is InChI=1S/C13H17N5OS/c1-4-10-5-7-11(8-6-10)14-12(19)9(2)20-13-15-16-17-18(13)3/h5-9H,4H2,1-3H3,(H,14,19)/t9-/m0/s1. The molecule has 1 aromatic heterocycles. The van der Waals surface area contributed by atoms with Crippen molar-refractivity contribution in [2.45, 2.75) is 30.7 Å². The number of hydrogen-bond donors (Lipinski definition) is 1. The van der Waals surface area contributed by atoms with E-state index in [1.165, 1.54) is 17.3 Å². The molecule has 1 aromatic carbocycles. The van der Waals surface area contributed by atoms with Gasteiger partial charge >= 0.3 is 0 Å². The first kappa shape index (κ1) is 14.5. The minimum atomic E-state index is -0.273. The molecule has 1 N–H and O–H groups in total. The van der Waals surface area contributed by atoms with Crippen LogP contribution >= 0.6 is 11.8 Å². The SMILES string of the molecule is CCc1ccc(NC(=O)[C@H](C)Sc2nnnn2C)cc1. The Hall–Kier alpha value is -1.89. The molecule has 0 radical (unpaired) electrons. The molecule has 0 aliphatic heterocycles. The van der Waals surface area contributed by atoms with E-state index >= 15 is 0 Å². The maximum Gasteiger partial charge on any atom is 0.237 e. The lowest BCUT2D eigenvalue weighted by molar-refractivity contribution is -0.115. The molecule has 7 heteroatoms. The molecule has 20 heavy (non-hydrogen) atoms. The van der Waals surface area contributed by atoms with Crippen molar-refractivity contribution in [3.05, 3.63) is 29.8 Å². The lowest BCUT2D eigenvalue weighted by atomic mass is 10.1. The fourth-order valence-electron chi connectivity index (χ4n) is 1.60. The molecule has 1 atom stereocenters. The van der Waals surface area contributed by atoms with Crippen molar-refractivity contribution in [2.75, 3.05) is 5.32 Å². The van der Waals surface area contributed by atoms with Gasteiger partial charge in [-0.3, -0.25) is 4.79 Å². The summed E-state index contributed by atoms with van der Waals surface area (Å²) in [4.78, 5) is 12.1. The van der Waals surface area contributed by atoms with Crippen LogP contribution in [0.2, 0.25) is 0 Å². The number of rotatable bonds is 5. The molecule has 0 saturated heterocycles. The molecule has 106 valence electrons. The molecule has 0 saturated carbocycles. The summed E-state index contributed by atoms with van der Waals surface area (Å²) in [6.45, 7) is 3.93. The van der Waals surface area contributed by atoms with E-state index in [1.54, 1.807) is 11.7 Å². The molecule has 0 fully saturated rings. The van der Waals surface area contributed by atoms with Gasteiger partial charge in [-0.15, -0.1) is 5.10 Å². The summed E-state index contributed by atoms with van der Waals surface area (Å²) < 4.78 is 1.55. The van der Waals surface area contributed by atoms with Crippen LogP contribution in [0.1, 0.15) is 19.4 Å². The van der Waals surface area contributed by atoms with Gasteiger partial charge in [-0.25, -0.2) is 4.68 Å². The molecule has 0 aliphatic rings. The maximum atomic E-state index is 12.1. The van der Waals surface area contributed by atoms with Gasteiger partial charge in [0.15, 0.2) is 0 Å². The van der Waals surface area contributed by atoms with Gasteiger partial charge in [0, 0.05) is 12.7 Å². The number of aryl methyl sites for hydroxylation is 2. The maximum absolute atomic E-state index is 12.1. The Balaban J connectivity index is 1.95. The third-order valence-corrected chi connectivity index (χ3v) is 3.99. The Bertz CT molecular complexity index is 581. The van der Waals surface area contributed by atoms with Crippen molar-refractivity contribution in [3.63, 3.8) is 0 Å². The number of carbonyl (C=O) groups excluding carboxylic acids is 1. The summed E-state index contributed by atoms with van der Waals surface area (Å²) in [5.74, 6) is -0.0674. The average Bonchev–Trinajstić information content (AvgIpc) is 2.85. The number of nitrogens with one attached hydrogen (secondary N) is 1. The van der Waals surface area contributed by atoms with E-state index in [-0.39, 0.29) is 11.2 Å². The molecule has 6 nitrogen and oxygen atoms in total. The van der Waals surface area contributed by atoms with E-state index in [0.717, 1.165) is 12.1 Å². The third-order valence-electron chi connectivity index (χ3n) is 2.86. The van der Waals surface area contributed by atoms with Gasteiger partial charge in [-0.1, -0.05) is 30.8 Å². The van der Waals surface area contributed by atoms with Crippen molar-refractivity contribution in [3.8, 4) is 0 Å². The zero-order chi connectivity index (χ0) is 14.5. The van der Waals surface area contributed by atoms with Crippen molar-refractivity contribution in [2.24, 2.45) is 7.05 Å². The summed E-state index contributed by atoms with van der Waals surface area (Å²) in [7, 11) is 1.75. The number of amides is 1. The summed E-state index contributed by atoms with van der Waals surface area (Å²) in [5.41, 5.74) is 2.05. The monoisotopic (exact) mass is 291 g/mol. The minimum absolute atomic E-state index is 0.0674. The van der Waals surface area contributed by atoms with Crippen molar-refractivity contribution >= 4 is 23.4 Å². The first-order chi connectivity index (χ1) is 9.60. The molecule has 0 unspecified atom stereocenters. The second kappa shape index (κ2) is 6.51. The highest BCUT2D eigenvalue weighted by atomic mass is 32.2. The lowest BCUT2D eigenvalue weighted by Gasteiger charge is -2.11. The van der Waals surface area contributed by atoms with Crippen LogP contribution in [0.3, 0.4) is 0 Å². The molecule has 0 bridgehead atoms. The number of carbonyl (C=O) groups is 1. The lowest BCUT2D eigenvalue weighted by Crippen LogP contribution is -2.22. The van der Waals surface area contributed by atoms with Crippen molar-refractivity contribution < 1.29 is 4.79 Å². The highest BCUT2D eigenvalue weighted by Gasteiger charge is 2.17. The largest absolute Gasteiger partial charge is 0.325 e. The van der Waals surface area contributed by atoms with Crippen LogP contribution in [0.5, 0.6) is 0 Å². The van der Waals surface area contributed by atoms with E-state index in [4.69, 9.17) is 0 Å². The van der Waals surface area contributed by atoms with E-state index in [1.807, 2.05) is 31.2 Å². The number of aromatic nitrogens is 4. The Morgan fingerprint density at radius 3 is 2.65 bits per heavy atom. The van der Waals surface area contributed by atoms with Crippen molar-refractivity contribution in [1.82, 2.24) is 20.2 Å². The Morgan fingerprint density at radius 2 is 2.10 bits per heavy atom. The average molecular weight is 291 g/mol. The molecule has 2 rings (SSSR count). The quantitative estimate of drug-likeness (QED) is 0.852. The van der Waals surface area contributed by atoms with E-state index < -0.39 is 0 Å². The summed E-state index contributed by atoms with van der Waals surface area (Å²) >= 11 is 1.33. The van der Waals surface area contributed by atoms with Crippen LogP contribution in [0.15, 0.2) is 29.4 Å². The zero-order valence-corrected chi connectivity index (χ0v) is 12.5. The number of thioether (sulfide) groups is 1. The number of tetrazole rings is 1. The predicted octanol–water partition coefficient (Wildman–Crippen LogP) is 1.89. The van der Waals surface area contributed by atoms with Gasteiger partial charge in [0.2, 0.25) is 11.1 Å². The van der Waals surface area contributed by atoms with Crippen LogP contribution in [0.25, 0.3) is 0 Å². The second-order valence-electron chi connectivity index (χ2n) is 4.38. The molecule has 2 aromatic rings. The molecule has 0 aliphatic carbocycles. The van der Waals surface area contributed by atoms with Crippen LogP contribution in [0, 0.1) is 0 Å². The number of nitrogens with zero attached hydrogens (tertiary/aromatic N) is 4. The van der Waals surface area contributed by atoms with Gasteiger partial charge in [-0.2, -0.15) is 0 Å². The molecular formula is C13H17N5OS. The minimum Gasteiger partial charge on any atom is -0.325 e. The van der Waals surface area contributed by atoms with Gasteiger partial charge < -0.3 is 5.32 Å². The fraction of sp³-hybridized carbons (Fsp3) is 0.385. The Morgan fingerprint density at radius 1 is 1.40 bits per heavy atom. The van der Waals surface area contributed by atoms with Crippen LogP contribution in [-0.2, 0) is 18.3 Å². The van der Waals surface area contributed by atoms with Crippen LogP contribution in [-0.4, -0.2) is 31.4 Å². The first-order valence-electron chi connectivity index (χ1n) is 6.39. The van der Waals surface area contributed by atoms with Gasteiger partial charge in [0.1, 0.15) is 0 Å². The predicted molar refractivity (Wildman–Crippen MR) is 78.6 cm³/mol. The van der Waals surface area contributed by atoms with E-state index in [2.05, 4.69) is 27.8 Å². The van der Waals surface area contributed by atoms with E-state index in [9.17, 15) is 4.79 Å². The zero-order valence-electron chi connectivity index (χ0n) is 11.7. The van der Waals surface area contributed by atoms with Crippen LogP contribution < -0.4 is 5.32 Å². The smallest absolute Gasteiger partial charge is 0.237 e. The Labute approximate surface area is 121 Å². The first-order valence-corrected chi connectivity index (χ1v) is 7.27. The molecule has 1 amide bonds. The Kier molecular flexibility index (Phi) is 4.73. The fourth-order valence-corrected chi connectivity index (χ4v) is 2.36. The topological polar surface area (TPSA) is 72.7 Å².